The Hall–Kier alpha value is -3.61. The van der Waals surface area contributed by atoms with Crippen LogP contribution in [0.3, 0.4) is 0 Å². The predicted octanol–water partition coefficient (Wildman–Crippen LogP) is 6.66. The highest BCUT2D eigenvalue weighted by atomic mass is 19.4. The Morgan fingerprint density at radius 1 is 1.05 bits per heavy atom. The number of alkyl halides is 5. The lowest BCUT2D eigenvalue weighted by Crippen LogP contribution is -2.20. The predicted molar refractivity (Wildman–Crippen MR) is 126 cm³/mol. The van der Waals surface area contributed by atoms with Crippen molar-refractivity contribution < 1.29 is 31.1 Å². The van der Waals surface area contributed by atoms with Crippen LogP contribution in [0.15, 0.2) is 30.6 Å². The van der Waals surface area contributed by atoms with Crippen LogP contribution in [0.4, 0.5) is 26.3 Å². The van der Waals surface area contributed by atoms with Gasteiger partial charge in [0.2, 0.25) is 0 Å². The van der Waals surface area contributed by atoms with E-state index in [2.05, 4.69) is 25.0 Å². The van der Waals surface area contributed by atoms with Crippen LogP contribution in [-0.2, 0) is 10.9 Å². The molecule has 0 bridgehead atoms. The average Bonchev–Trinajstić information content (AvgIpc) is 3.63. The number of aromatic nitrogens is 6. The molecule has 2 atom stereocenters. The molecular weight excluding hydrogens is 526 g/mol. The van der Waals surface area contributed by atoms with Gasteiger partial charge in [-0.05, 0) is 50.8 Å². The molecule has 1 saturated carbocycles. The molecular formula is C26H22F6N6O. The summed E-state index contributed by atoms with van der Waals surface area (Å²) in [5.41, 5.74) is -1.74. The molecule has 2 fully saturated rings. The summed E-state index contributed by atoms with van der Waals surface area (Å²) in [5, 5.41) is 4.42. The van der Waals surface area contributed by atoms with Crippen LogP contribution in [0.2, 0.25) is 0 Å². The van der Waals surface area contributed by atoms with Gasteiger partial charge in [-0.2, -0.15) is 18.3 Å². The van der Waals surface area contributed by atoms with Crippen LogP contribution < -0.4 is 0 Å². The highest BCUT2D eigenvalue weighted by Crippen LogP contribution is 2.40. The number of ether oxygens (including phenoxy) is 1. The second kappa shape index (κ2) is 9.54. The fourth-order valence-electron chi connectivity index (χ4n) is 4.84. The minimum absolute atomic E-state index is 0.0409. The van der Waals surface area contributed by atoms with E-state index in [0.29, 0.717) is 37.6 Å². The van der Waals surface area contributed by atoms with Gasteiger partial charge in [0, 0.05) is 29.8 Å². The molecule has 3 aromatic heterocycles. The van der Waals surface area contributed by atoms with Gasteiger partial charge in [0.1, 0.15) is 28.5 Å². The molecule has 1 aliphatic carbocycles. The minimum atomic E-state index is -4.76. The van der Waals surface area contributed by atoms with E-state index in [1.54, 1.807) is 6.20 Å². The number of fused-ring (bicyclic) bond motifs is 1. The Morgan fingerprint density at radius 2 is 1.85 bits per heavy atom. The topological polar surface area (TPSA) is 78.6 Å². The fraction of sp³-hybridized carbons (Fsp3) is 0.423. The third-order valence-corrected chi connectivity index (χ3v) is 7.08. The Balaban J connectivity index is 1.44. The zero-order valence-corrected chi connectivity index (χ0v) is 20.6. The molecule has 7 nitrogen and oxygen atoms in total. The van der Waals surface area contributed by atoms with Crippen molar-refractivity contribution in [2.75, 3.05) is 6.61 Å². The molecule has 39 heavy (non-hydrogen) atoms. The normalized spacial score (nSPS) is 20.2. The van der Waals surface area contributed by atoms with E-state index >= 15 is 4.39 Å². The number of nitrogens with zero attached hydrogens (tertiary/aromatic N) is 6. The van der Waals surface area contributed by atoms with Crippen LogP contribution >= 0.6 is 0 Å². The molecule has 13 heteroatoms. The summed E-state index contributed by atoms with van der Waals surface area (Å²) in [5.74, 6) is -1.22. The van der Waals surface area contributed by atoms with Gasteiger partial charge in [-0.1, -0.05) is 0 Å². The van der Waals surface area contributed by atoms with Gasteiger partial charge in [0.15, 0.2) is 5.65 Å². The van der Waals surface area contributed by atoms with E-state index in [-0.39, 0.29) is 46.0 Å². The first-order valence-corrected chi connectivity index (χ1v) is 12.5. The Kier molecular flexibility index (Phi) is 6.28. The average molecular weight is 548 g/mol. The van der Waals surface area contributed by atoms with Crippen molar-refractivity contribution in [1.82, 2.24) is 29.7 Å². The van der Waals surface area contributed by atoms with Crippen molar-refractivity contribution in [2.24, 2.45) is 0 Å². The molecule has 4 aromatic rings. The van der Waals surface area contributed by atoms with E-state index < -0.39 is 29.7 Å². The van der Waals surface area contributed by atoms with E-state index in [1.165, 1.54) is 6.92 Å². The van der Waals surface area contributed by atoms with Crippen molar-refractivity contribution in [3.63, 3.8) is 0 Å². The van der Waals surface area contributed by atoms with Crippen molar-refractivity contribution in [3.8, 4) is 11.3 Å². The summed E-state index contributed by atoms with van der Waals surface area (Å²) in [4.78, 5) is 17.2. The first-order chi connectivity index (χ1) is 18.6. The summed E-state index contributed by atoms with van der Waals surface area (Å²) in [6.07, 6.45) is -1.16. The molecule has 0 N–H and O–H groups in total. The highest BCUT2D eigenvalue weighted by molar-refractivity contribution is 5.87. The zero-order chi connectivity index (χ0) is 27.5. The minimum Gasteiger partial charge on any atom is -0.373 e. The number of hydrogen-bond acceptors (Lipinski definition) is 6. The fourth-order valence-corrected chi connectivity index (χ4v) is 4.84. The molecule has 0 amide bonds. The molecule has 0 spiro atoms. The van der Waals surface area contributed by atoms with E-state index in [9.17, 15) is 22.0 Å². The quantitative estimate of drug-likeness (QED) is 0.260. The van der Waals surface area contributed by atoms with Gasteiger partial charge in [-0.25, -0.2) is 33.1 Å². The van der Waals surface area contributed by atoms with Crippen molar-refractivity contribution >= 4 is 11.2 Å². The zero-order valence-electron chi connectivity index (χ0n) is 20.6. The maximum absolute atomic E-state index is 15.1. The number of rotatable bonds is 5. The molecule has 1 saturated heterocycles. The van der Waals surface area contributed by atoms with E-state index in [1.807, 2.05) is 10.9 Å². The molecule has 6 rings (SSSR count). The Morgan fingerprint density at radius 3 is 2.54 bits per heavy atom. The number of benzene rings is 1. The van der Waals surface area contributed by atoms with Gasteiger partial charge in [0.05, 0.1) is 29.6 Å². The molecule has 1 aliphatic heterocycles. The number of halogens is 6. The number of hydrogen-bond donors (Lipinski definition) is 0. The SMILES string of the molecule is Cc1nc2nc(C3CCOC(c4cnn(C5CC5)c4)C3)nc(-c3ccc(C(F)(F)F)cc3F)c2nc1C(F)F. The van der Waals surface area contributed by atoms with Crippen LogP contribution in [0.5, 0.6) is 0 Å². The molecule has 0 radical (unpaired) electrons. The molecule has 2 aliphatic rings. The second-order valence-corrected chi connectivity index (χ2v) is 9.86. The summed E-state index contributed by atoms with van der Waals surface area (Å²) >= 11 is 0. The van der Waals surface area contributed by atoms with Gasteiger partial charge >= 0.3 is 6.18 Å². The summed E-state index contributed by atoms with van der Waals surface area (Å²) in [6.45, 7) is 1.74. The molecule has 204 valence electrons. The third-order valence-electron chi connectivity index (χ3n) is 7.08. The maximum Gasteiger partial charge on any atom is 0.416 e. The van der Waals surface area contributed by atoms with Crippen LogP contribution in [0, 0.1) is 12.7 Å². The standard InChI is InChI=1S/C26H22F6N6O/c1-12-20(23(28)29)35-22-21(17-5-2-15(9-18(17)27)26(30,31)32)36-24(37-25(22)34-12)13-6-7-39-19(8-13)14-10-33-38(11-14)16-3-4-16/h2,5,9-11,13,16,19,23H,3-4,6-8H2,1H3. The molecule has 1 aromatic carbocycles. The van der Waals surface area contributed by atoms with Crippen molar-refractivity contribution in [1.29, 1.82) is 0 Å². The lowest BCUT2D eigenvalue weighted by Gasteiger charge is -2.28. The highest BCUT2D eigenvalue weighted by Gasteiger charge is 2.33. The Bertz CT molecular complexity index is 1550. The van der Waals surface area contributed by atoms with Gasteiger partial charge in [-0.15, -0.1) is 0 Å². The van der Waals surface area contributed by atoms with Crippen molar-refractivity contribution in [2.45, 2.75) is 63.3 Å². The van der Waals surface area contributed by atoms with Crippen molar-refractivity contribution in [3.05, 3.63) is 64.7 Å². The van der Waals surface area contributed by atoms with E-state index in [4.69, 9.17) is 4.74 Å². The van der Waals surface area contributed by atoms with Gasteiger partial charge in [-0.3, -0.25) is 4.68 Å². The van der Waals surface area contributed by atoms with Crippen LogP contribution in [0.25, 0.3) is 22.4 Å². The summed E-state index contributed by atoms with van der Waals surface area (Å²) < 4.78 is 89.7. The summed E-state index contributed by atoms with van der Waals surface area (Å²) in [6, 6.07) is 2.39. The monoisotopic (exact) mass is 548 g/mol. The molecule has 4 heterocycles. The van der Waals surface area contributed by atoms with Crippen LogP contribution in [-0.4, -0.2) is 36.3 Å². The smallest absolute Gasteiger partial charge is 0.373 e. The van der Waals surface area contributed by atoms with E-state index in [0.717, 1.165) is 24.5 Å². The van der Waals surface area contributed by atoms with Crippen LogP contribution in [0.1, 0.15) is 78.5 Å². The number of aryl methyl sites for hydroxylation is 1. The third kappa shape index (κ3) is 4.95. The van der Waals surface area contributed by atoms with Gasteiger partial charge in [0.25, 0.3) is 6.43 Å². The molecule has 2 unspecified atom stereocenters. The summed E-state index contributed by atoms with van der Waals surface area (Å²) in [7, 11) is 0. The maximum atomic E-state index is 15.1. The first-order valence-electron chi connectivity index (χ1n) is 12.5. The first kappa shape index (κ1) is 25.7. The lowest BCUT2D eigenvalue weighted by atomic mass is 9.92. The lowest BCUT2D eigenvalue weighted by molar-refractivity contribution is -0.137. The second-order valence-electron chi connectivity index (χ2n) is 9.86. The van der Waals surface area contributed by atoms with Gasteiger partial charge < -0.3 is 4.74 Å². The largest absolute Gasteiger partial charge is 0.416 e. The Labute approximate surface area is 218 Å².